The number of rotatable bonds is 3. The summed E-state index contributed by atoms with van der Waals surface area (Å²) in [7, 11) is 1.80. The van der Waals surface area contributed by atoms with Crippen LogP contribution in [0.15, 0.2) is 23.1 Å². The number of aryl methyl sites for hydroxylation is 2. The number of aromatic nitrogens is 3. The zero-order valence-corrected chi connectivity index (χ0v) is 8.71. The van der Waals surface area contributed by atoms with E-state index in [1.54, 1.807) is 24.1 Å². The highest BCUT2D eigenvalue weighted by Crippen LogP contribution is 2.21. The lowest BCUT2D eigenvalue weighted by Gasteiger charge is -2.08. The Labute approximate surface area is 87.4 Å². The maximum absolute atomic E-state index is 9.95. The van der Waals surface area contributed by atoms with Gasteiger partial charge in [-0.15, -0.1) is 0 Å². The van der Waals surface area contributed by atoms with Gasteiger partial charge in [0.05, 0.1) is 12.4 Å². The molecule has 1 atom stereocenters. The van der Waals surface area contributed by atoms with E-state index in [1.165, 1.54) is 6.33 Å². The van der Waals surface area contributed by atoms with E-state index < -0.39 is 6.10 Å². The van der Waals surface area contributed by atoms with Gasteiger partial charge in [-0.05, 0) is 13.0 Å². The first-order valence-corrected chi connectivity index (χ1v) is 4.73. The van der Waals surface area contributed by atoms with E-state index in [0.717, 1.165) is 17.1 Å². The first kappa shape index (κ1) is 9.92. The molecule has 1 unspecified atom stereocenters. The van der Waals surface area contributed by atoms with Gasteiger partial charge >= 0.3 is 0 Å². The largest absolute Gasteiger partial charge is 0.469 e. The number of nitrogens with zero attached hydrogens (tertiary/aromatic N) is 3. The molecule has 0 aromatic carbocycles. The molecular formula is C10H13N3O2. The summed E-state index contributed by atoms with van der Waals surface area (Å²) in [6, 6.07) is 1.77. The van der Waals surface area contributed by atoms with Crippen molar-refractivity contribution in [3.8, 4) is 0 Å². The zero-order valence-electron chi connectivity index (χ0n) is 8.71. The van der Waals surface area contributed by atoms with Gasteiger partial charge < -0.3 is 9.52 Å². The van der Waals surface area contributed by atoms with Gasteiger partial charge in [-0.3, -0.25) is 4.68 Å². The molecular weight excluding hydrogens is 194 g/mol. The van der Waals surface area contributed by atoms with Crippen LogP contribution < -0.4 is 0 Å². The predicted octanol–water partition coefficient (Wildman–Crippen LogP) is 0.993. The fraction of sp³-hybridized carbons (Fsp3) is 0.400. The monoisotopic (exact) mass is 207 g/mol. The molecule has 0 fully saturated rings. The third-order valence-corrected chi connectivity index (χ3v) is 2.44. The van der Waals surface area contributed by atoms with Crippen LogP contribution in [0.1, 0.15) is 23.3 Å². The zero-order chi connectivity index (χ0) is 10.8. The average Bonchev–Trinajstić information content (AvgIpc) is 2.76. The highest BCUT2D eigenvalue weighted by atomic mass is 16.3. The summed E-state index contributed by atoms with van der Waals surface area (Å²) < 4.78 is 6.78. The van der Waals surface area contributed by atoms with Gasteiger partial charge in [0.2, 0.25) is 0 Å². The van der Waals surface area contributed by atoms with E-state index in [9.17, 15) is 5.11 Å². The fourth-order valence-corrected chi connectivity index (χ4v) is 1.53. The van der Waals surface area contributed by atoms with Crippen molar-refractivity contribution in [2.24, 2.45) is 7.05 Å². The van der Waals surface area contributed by atoms with Crippen LogP contribution in [0.3, 0.4) is 0 Å². The predicted molar refractivity (Wildman–Crippen MR) is 53.1 cm³/mol. The van der Waals surface area contributed by atoms with Gasteiger partial charge in [0.15, 0.2) is 0 Å². The van der Waals surface area contributed by atoms with Crippen molar-refractivity contribution in [1.29, 1.82) is 0 Å². The van der Waals surface area contributed by atoms with Gasteiger partial charge in [-0.25, -0.2) is 4.98 Å². The van der Waals surface area contributed by atoms with Crippen molar-refractivity contribution in [1.82, 2.24) is 14.8 Å². The van der Waals surface area contributed by atoms with E-state index in [-0.39, 0.29) is 0 Å². The molecule has 0 aliphatic carbocycles. The molecule has 15 heavy (non-hydrogen) atoms. The molecule has 0 saturated carbocycles. The minimum atomic E-state index is -0.591. The summed E-state index contributed by atoms with van der Waals surface area (Å²) in [4.78, 5) is 4.06. The van der Waals surface area contributed by atoms with Crippen molar-refractivity contribution in [2.75, 3.05) is 0 Å². The quantitative estimate of drug-likeness (QED) is 0.815. The van der Waals surface area contributed by atoms with Gasteiger partial charge in [0, 0.05) is 19.0 Å². The molecule has 5 nitrogen and oxygen atoms in total. The number of aliphatic hydroxyl groups is 1. The normalized spacial score (nSPS) is 13.0. The molecule has 2 aromatic heterocycles. The molecule has 0 bridgehead atoms. The summed E-state index contributed by atoms with van der Waals surface area (Å²) in [6.45, 7) is 1.83. The van der Waals surface area contributed by atoms with Crippen molar-refractivity contribution in [3.05, 3.63) is 35.8 Å². The van der Waals surface area contributed by atoms with Crippen LogP contribution in [-0.2, 0) is 13.5 Å². The van der Waals surface area contributed by atoms with E-state index in [2.05, 4.69) is 10.1 Å². The minimum Gasteiger partial charge on any atom is -0.469 e. The van der Waals surface area contributed by atoms with Crippen LogP contribution in [-0.4, -0.2) is 19.9 Å². The molecule has 2 aromatic rings. The maximum Gasteiger partial charge on any atom is 0.138 e. The highest BCUT2D eigenvalue weighted by molar-refractivity contribution is 5.19. The first-order chi connectivity index (χ1) is 7.18. The van der Waals surface area contributed by atoms with Crippen molar-refractivity contribution < 1.29 is 9.52 Å². The standard InChI is InChI=1S/C10H13N3O2/c1-7-8(3-4-15-7)9(14)5-10-11-6-12-13(10)2/h3-4,6,9,14H,5H2,1-2H3. The Balaban J connectivity index is 2.14. The Morgan fingerprint density at radius 3 is 2.93 bits per heavy atom. The molecule has 0 aliphatic rings. The molecule has 0 spiro atoms. The Kier molecular flexibility index (Phi) is 2.55. The van der Waals surface area contributed by atoms with Gasteiger partial charge in [-0.2, -0.15) is 5.10 Å². The number of hydrogen-bond acceptors (Lipinski definition) is 4. The number of hydrogen-bond donors (Lipinski definition) is 1. The molecule has 80 valence electrons. The van der Waals surface area contributed by atoms with Crippen LogP contribution in [0.4, 0.5) is 0 Å². The molecule has 2 rings (SSSR count). The molecule has 5 heteroatoms. The van der Waals surface area contributed by atoms with Crippen LogP contribution >= 0.6 is 0 Å². The fourth-order valence-electron chi connectivity index (χ4n) is 1.53. The summed E-state index contributed by atoms with van der Waals surface area (Å²) >= 11 is 0. The number of aliphatic hydroxyl groups excluding tert-OH is 1. The lowest BCUT2D eigenvalue weighted by Crippen LogP contribution is -2.07. The summed E-state index contributed by atoms with van der Waals surface area (Å²) in [5.74, 6) is 1.49. The van der Waals surface area contributed by atoms with Crippen molar-refractivity contribution in [2.45, 2.75) is 19.4 Å². The van der Waals surface area contributed by atoms with Crippen LogP contribution in [0.2, 0.25) is 0 Å². The summed E-state index contributed by atoms with van der Waals surface area (Å²) in [5, 5.41) is 13.9. The topological polar surface area (TPSA) is 64.1 Å². The van der Waals surface area contributed by atoms with Crippen molar-refractivity contribution >= 4 is 0 Å². The van der Waals surface area contributed by atoms with E-state index in [4.69, 9.17) is 4.42 Å². The second-order valence-corrected chi connectivity index (χ2v) is 3.45. The Hall–Kier alpha value is -1.62. The maximum atomic E-state index is 9.95. The van der Waals surface area contributed by atoms with E-state index >= 15 is 0 Å². The van der Waals surface area contributed by atoms with Crippen LogP contribution in [0, 0.1) is 6.92 Å². The molecule has 1 N–H and O–H groups in total. The highest BCUT2D eigenvalue weighted by Gasteiger charge is 2.15. The molecule has 0 saturated heterocycles. The summed E-state index contributed by atoms with van der Waals surface area (Å²) in [6.07, 6.45) is 2.90. The molecule has 2 heterocycles. The summed E-state index contributed by atoms with van der Waals surface area (Å²) in [5.41, 5.74) is 0.804. The van der Waals surface area contributed by atoms with E-state index in [1.807, 2.05) is 6.92 Å². The Morgan fingerprint density at radius 1 is 1.60 bits per heavy atom. The Bertz CT molecular complexity index is 447. The van der Waals surface area contributed by atoms with Crippen molar-refractivity contribution in [3.63, 3.8) is 0 Å². The second-order valence-electron chi connectivity index (χ2n) is 3.45. The van der Waals surface area contributed by atoms with E-state index in [0.29, 0.717) is 6.42 Å². The minimum absolute atomic E-state index is 0.441. The number of furan rings is 1. The van der Waals surface area contributed by atoms with Gasteiger partial charge in [-0.1, -0.05) is 0 Å². The average molecular weight is 207 g/mol. The van der Waals surface area contributed by atoms with Gasteiger partial charge in [0.1, 0.15) is 17.9 Å². The van der Waals surface area contributed by atoms with Gasteiger partial charge in [0.25, 0.3) is 0 Å². The SMILES string of the molecule is Cc1occc1C(O)Cc1ncnn1C. The second kappa shape index (κ2) is 3.86. The third-order valence-electron chi connectivity index (χ3n) is 2.44. The smallest absolute Gasteiger partial charge is 0.138 e. The lowest BCUT2D eigenvalue weighted by atomic mass is 10.1. The lowest BCUT2D eigenvalue weighted by molar-refractivity contribution is 0.172. The van der Waals surface area contributed by atoms with Crippen LogP contribution in [0.5, 0.6) is 0 Å². The molecule has 0 radical (unpaired) electrons. The first-order valence-electron chi connectivity index (χ1n) is 4.73. The van der Waals surface area contributed by atoms with Crippen LogP contribution in [0.25, 0.3) is 0 Å². The molecule has 0 aliphatic heterocycles. The molecule has 0 amide bonds. The third kappa shape index (κ3) is 1.92. The Morgan fingerprint density at radius 2 is 2.40 bits per heavy atom.